The Morgan fingerprint density at radius 2 is 2.03 bits per heavy atom. The number of nitrogens with one attached hydrogen (secondary N) is 2. The lowest BCUT2D eigenvalue weighted by molar-refractivity contribution is 0.0168. The molecule has 0 spiro atoms. The number of likely N-dealkylation sites (tertiary alicyclic amines) is 1. The first-order valence-electron chi connectivity index (χ1n) is 10.6. The molecule has 0 radical (unpaired) electrons. The summed E-state index contributed by atoms with van der Waals surface area (Å²) in [5.41, 5.74) is 5.01. The van der Waals surface area contributed by atoms with Gasteiger partial charge in [0.2, 0.25) is 0 Å². The molecule has 0 saturated carbocycles. The molecule has 1 aliphatic heterocycles. The van der Waals surface area contributed by atoms with Crippen molar-refractivity contribution >= 4 is 62.1 Å². The highest BCUT2D eigenvalue weighted by molar-refractivity contribution is 9.10. The van der Waals surface area contributed by atoms with E-state index in [2.05, 4.69) is 36.6 Å². The molecule has 0 atom stereocenters. The second-order valence-corrected chi connectivity index (χ2v) is 9.46. The molecule has 0 aliphatic carbocycles. The lowest BCUT2D eigenvalue weighted by Crippen LogP contribution is -2.29. The highest BCUT2D eigenvalue weighted by Crippen LogP contribution is 2.36. The number of anilines is 2. The topological polar surface area (TPSA) is 91.1 Å². The van der Waals surface area contributed by atoms with Gasteiger partial charge in [-0.25, -0.2) is 10.5 Å². The number of fused-ring (bicyclic) bond motifs is 1. The molecule has 2 aromatic heterocycles. The zero-order valence-corrected chi connectivity index (χ0v) is 20.9. The summed E-state index contributed by atoms with van der Waals surface area (Å²) in [6, 6.07) is 5.36. The van der Waals surface area contributed by atoms with Crippen LogP contribution in [-0.2, 0) is 11.4 Å². The van der Waals surface area contributed by atoms with Crippen molar-refractivity contribution < 1.29 is 14.7 Å². The first-order valence-corrected chi connectivity index (χ1v) is 12.2. The molecule has 1 fully saturated rings. The molecule has 8 nitrogen and oxygen atoms in total. The Kier molecular flexibility index (Phi) is 8.11. The Hall–Kier alpha value is -1.88. The van der Waals surface area contributed by atoms with Crippen LogP contribution >= 0.6 is 39.1 Å². The van der Waals surface area contributed by atoms with Gasteiger partial charge in [-0.2, -0.15) is 0 Å². The van der Waals surface area contributed by atoms with Crippen LogP contribution in [0.5, 0.6) is 0 Å². The van der Waals surface area contributed by atoms with E-state index in [1.54, 1.807) is 24.5 Å². The van der Waals surface area contributed by atoms with E-state index in [4.69, 9.17) is 33.1 Å². The smallest absolute Gasteiger partial charge is 0.278 e. The van der Waals surface area contributed by atoms with E-state index in [-0.39, 0.29) is 23.8 Å². The van der Waals surface area contributed by atoms with Crippen molar-refractivity contribution in [2.45, 2.75) is 25.8 Å². The van der Waals surface area contributed by atoms with Gasteiger partial charge in [0.1, 0.15) is 5.02 Å². The summed E-state index contributed by atoms with van der Waals surface area (Å²) in [5.74, 6) is -0.513. The molecule has 1 aliphatic rings. The van der Waals surface area contributed by atoms with Crippen LogP contribution in [0.2, 0.25) is 10.0 Å². The average Bonchev–Trinajstić information content (AvgIpc) is 3.20. The van der Waals surface area contributed by atoms with Gasteiger partial charge in [0.15, 0.2) is 5.65 Å². The van der Waals surface area contributed by atoms with Gasteiger partial charge in [-0.05, 0) is 44.1 Å². The number of benzene rings is 1. The summed E-state index contributed by atoms with van der Waals surface area (Å²) >= 11 is 16.5. The van der Waals surface area contributed by atoms with Crippen LogP contribution in [0.1, 0.15) is 35.3 Å². The molecule has 3 aromatic rings. The van der Waals surface area contributed by atoms with E-state index in [9.17, 15) is 4.79 Å². The van der Waals surface area contributed by atoms with E-state index in [1.165, 1.54) is 19.3 Å². The van der Waals surface area contributed by atoms with Crippen LogP contribution in [0.25, 0.3) is 5.65 Å². The van der Waals surface area contributed by atoms with Crippen molar-refractivity contribution in [3.63, 3.8) is 0 Å². The highest BCUT2D eigenvalue weighted by Gasteiger charge is 2.22. The van der Waals surface area contributed by atoms with Crippen LogP contribution in [0.3, 0.4) is 0 Å². The molecule has 3 N–H and O–H groups in total. The van der Waals surface area contributed by atoms with Crippen LogP contribution < -0.4 is 10.8 Å². The van der Waals surface area contributed by atoms with Crippen molar-refractivity contribution in [3.05, 3.63) is 56.4 Å². The molecule has 176 valence electrons. The number of hydroxylamine groups is 1. The number of imidazole rings is 1. The fourth-order valence-electron chi connectivity index (χ4n) is 3.83. The number of piperidine rings is 1. The quantitative estimate of drug-likeness (QED) is 0.273. The number of nitrogens with zero attached hydrogens (tertiary/aromatic N) is 3. The molecular weight excluding hydrogens is 533 g/mol. The van der Waals surface area contributed by atoms with E-state index in [0.29, 0.717) is 28.6 Å². The summed E-state index contributed by atoms with van der Waals surface area (Å²) in [5, 5.41) is 12.9. The first kappa shape index (κ1) is 24.3. The van der Waals surface area contributed by atoms with Gasteiger partial charge in [-0.1, -0.05) is 45.6 Å². The number of rotatable bonds is 8. The highest BCUT2D eigenvalue weighted by atomic mass is 79.9. The maximum absolute atomic E-state index is 13.0. The third kappa shape index (κ3) is 5.62. The minimum atomic E-state index is -0.513. The minimum Gasteiger partial charge on any atom is -0.394 e. The first-order chi connectivity index (χ1) is 16.0. The maximum atomic E-state index is 13.0. The van der Waals surface area contributed by atoms with Crippen molar-refractivity contribution in [1.82, 2.24) is 19.8 Å². The van der Waals surface area contributed by atoms with Crippen LogP contribution in [0.4, 0.5) is 11.4 Å². The van der Waals surface area contributed by atoms with E-state index >= 15 is 0 Å². The minimum absolute atomic E-state index is 0.0334. The normalized spacial score (nSPS) is 14.5. The largest absolute Gasteiger partial charge is 0.394 e. The Balaban J connectivity index is 1.74. The molecule has 1 saturated heterocycles. The molecule has 1 aromatic carbocycles. The van der Waals surface area contributed by atoms with Crippen molar-refractivity contribution in [2.24, 2.45) is 0 Å². The Morgan fingerprint density at radius 1 is 1.24 bits per heavy atom. The number of carbonyl (C=O) groups is 1. The molecule has 33 heavy (non-hydrogen) atoms. The number of hydrogen-bond donors (Lipinski definition) is 3. The third-order valence-corrected chi connectivity index (χ3v) is 6.61. The number of hydrogen-bond acceptors (Lipinski definition) is 6. The zero-order valence-electron chi connectivity index (χ0n) is 17.8. The number of aromatic nitrogens is 2. The SMILES string of the molecule is O=C(NOCCO)c1cn2c(CN3CCCCC3)cnc2c(Cl)c1Nc1ccc(Br)cc1Cl. The van der Waals surface area contributed by atoms with Crippen LogP contribution in [0, 0.1) is 0 Å². The fourth-order valence-corrected chi connectivity index (χ4v) is 4.84. The summed E-state index contributed by atoms with van der Waals surface area (Å²) < 4.78 is 2.66. The van der Waals surface area contributed by atoms with Gasteiger partial charge in [-0.15, -0.1) is 0 Å². The molecule has 1 amide bonds. The third-order valence-electron chi connectivity index (χ3n) is 5.44. The van der Waals surface area contributed by atoms with Gasteiger partial charge in [-0.3, -0.25) is 14.5 Å². The number of pyridine rings is 1. The van der Waals surface area contributed by atoms with Crippen molar-refractivity contribution in [1.29, 1.82) is 0 Å². The number of carbonyl (C=O) groups excluding carboxylic acids is 1. The van der Waals surface area contributed by atoms with Gasteiger partial charge in [0.05, 0.1) is 47.1 Å². The lowest BCUT2D eigenvalue weighted by Gasteiger charge is -2.26. The molecule has 4 rings (SSSR count). The number of aliphatic hydroxyl groups is 1. The van der Waals surface area contributed by atoms with Crippen molar-refractivity contribution in [3.8, 4) is 0 Å². The fraction of sp³-hybridized carbons (Fsp3) is 0.364. The second kappa shape index (κ2) is 11.0. The Bertz CT molecular complexity index is 1150. The zero-order chi connectivity index (χ0) is 23.4. The monoisotopic (exact) mass is 555 g/mol. The van der Waals surface area contributed by atoms with E-state index in [0.717, 1.165) is 23.3 Å². The molecule has 11 heteroatoms. The van der Waals surface area contributed by atoms with Crippen LogP contribution in [-0.4, -0.2) is 51.6 Å². The van der Waals surface area contributed by atoms with Gasteiger partial charge in [0, 0.05) is 17.2 Å². The molecule has 3 heterocycles. The summed E-state index contributed by atoms with van der Waals surface area (Å²) in [6.45, 7) is 2.52. The number of amides is 1. The van der Waals surface area contributed by atoms with E-state index in [1.807, 2.05) is 10.5 Å². The molecule has 0 bridgehead atoms. The predicted molar refractivity (Wildman–Crippen MR) is 132 cm³/mol. The van der Waals surface area contributed by atoms with Gasteiger partial charge >= 0.3 is 0 Å². The number of aliphatic hydroxyl groups excluding tert-OH is 1. The summed E-state index contributed by atoms with van der Waals surface area (Å²) in [4.78, 5) is 24.9. The van der Waals surface area contributed by atoms with Gasteiger partial charge < -0.3 is 14.8 Å². The Labute approximate surface area is 209 Å². The van der Waals surface area contributed by atoms with Gasteiger partial charge in [0.25, 0.3) is 5.91 Å². The number of halogens is 3. The maximum Gasteiger partial charge on any atom is 0.278 e. The van der Waals surface area contributed by atoms with Crippen molar-refractivity contribution in [2.75, 3.05) is 31.6 Å². The summed E-state index contributed by atoms with van der Waals surface area (Å²) in [7, 11) is 0. The average molecular weight is 557 g/mol. The predicted octanol–water partition coefficient (Wildman–Crippen LogP) is 4.79. The van der Waals surface area contributed by atoms with E-state index < -0.39 is 5.91 Å². The summed E-state index contributed by atoms with van der Waals surface area (Å²) in [6.07, 6.45) is 7.09. The van der Waals surface area contributed by atoms with Crippen LogP contribution in [0.15, 0.2) is 35.1 Å². The Morgan fingerprint density at radius 3 is 2.76 bits per heavy atom. The molecular formula is C22H24BrCl2N5O3. The molecule has 0 unspecified atom stereocenters. The standard InChI is InChI=1S/C22H24BrCl2N5O3/c23-14-4-5-18(17(24)10-14)27-20-16(22(32)28-33-9-8-31)13-30-15(11-26-21(30)19(20)25)12-29-6-2-1-3-7-29/h4-5,10-11,13,27,31H,1-3,6-9,12H2,(H,28,32). The second-order valence-electron chi connectivity index (χ2n) is 7.76. The lowest BCUT2D eigenvalue weighted by atomic mass is 10.1.